The van der Waals surface area contributed by atoms with E-state index in [4.69, 9.17) is 37.9 Å². The summed E-state index contributed by atoms with van der Waals surface area (Å²) in [5.41, 5.74) is 1.05. The highest BCUT2D eigenvalue weighted by atomic mass is 16.7. The second-order valence-corrected chi connectivity index (χ2v) is 20.3. The van der Waals surface area contributed by atoms with E-state index in [-0.39, 0.29) is 126 Å². The van der Waals surface area contributed by atoms with Gasteiger partial charge in [0.05, 0.1) is 24.4 Å². The molecular weight excluding hydrogens is 791 g/mol. The molecule has 0 amide bonds. The summed E-state index contributed by atoms with van der Waals surface area (Å²) in [6.45, 7) is 8.20. The van der Waals surface area contributed by atoms with Gasteiger partial charge in [0.25, 0.3) is 0 Å². The first-order chi connectivity index (χ1) is 29.9. The van der Waals surface area contributed by atoms with E-state index < -0.39 is 18.3 Å². The molecule has 0 spiro atoms. The fraction of sp³-hybridized carbons (Fsp3) is 0.820. The van der Waals surface area contributed by atoms with Crippen molar-refractivity contribution in [3.8, 4) is 0 Å². The number of hydrogen-bond acceptors (Lipinski definition) is 12. The lowest BCUT2D eigenvalue weighted by Gasteiger charge is -2.46. The number of likely N-dealkylation sites (N-methyl/N-ethyl adjacent to an activating group) is 1. The molecule has 4 saturated carbocycles. The monoisotopic (exact) mass is 866 g/mol. The van der Waals surface area contributed by atoms with Crippen LogP contribution in [0.3, 0.4) is 0 Å². The van der Waals surface area contributed by atoms with Gasteiger partial charge in [0, 0.05) is 57.5 Å². The Morgan fingerprint density at radius 3 is 2.08 bits per heavy atom. The van der Waals surface area contributed by atoms with Gasteiger partial charge in [-0.3, -0.25) is 14.4 Å². The van der Waals surface area contributed by atoms with Crippen LogP contribution in [0.15, 0.2) is 30.3 Å². The molecule has 3 saturated heterocycles. The molecule has 3 heterocycles. The topological polar surface area (TPSA) is 128 Å². The quantitative estimate of drug-likeness (QED) is 0.225. The Labute approximate surface area is 370 Å². The van der Waals surface area contributed by atoms with Crippen molar-refractivity contribution in [3.63, 3.8) is 0 Å². The van der Waals surface area contributed by atoms with E-state index in [9.17, 15) is 4.79 Å². The zero-order chi connectivity index (χ0) is 44.0. The van der Waals surface area contributed by atoms with Crippen LogP contribution < -0.4 is 0 Å². The average molecular weight is 866 g/mol. The van der Waals surface area contributed by atoms with Crippen LogP contribution in [0.5, 0.6) is 0 Å². The Morgan fingerprint density at radius 1 is 0.710 bits per heavy atom. The fourth-order valence-corrected chi connectivity index (χ4v) is 14.1. The standard InChI is InChI=1S/C50H75NO11/c1-10-30-17-14-18-40(62-42-20-19-39(51(5)6)27(3)58-42)26(2)45(53)38-24-35-33-21-31(61-50-49(57-9)48(56-8)47(55-7)28(4)59-50)22-34(33)36-23-32(29-15-12-11-13-16-29)46(54)44(36)43(35)37(38)25-41(52)60-30/h11-13,15-16,26-28,30-40,42-44,47-50H,10,14,17-25H2,1-9H3/t26-,27?,28?,30+,31+,32?,33-,34-,35+,36?,37-,38?,39+,40+,42+,43-,44?,47+,48?,49+,50+/m1/s1. The molecular formula is C50H75NO11. The maximum absolute atomic E-state index is 15.3. The largest absolute Gasteiger partial charge is 0.462 e. The fourth-order valence-electron chi connectivity index (χ4n) is 14.1. The maximum atomic E-state index is 15.3. The Kier molecular flexibility index (Phi) is 14.7. The van der Waals surface area contributed by atoms with Gasteiger partial charge < -0.3 is 42.8 Å². The van der Waals surface area contributed by atoms with E-state index in [2.05, 4.69) is 45.0 Å². The number of benzene rings is 1. The zero-order valence-corrected chi connectivity index (χ0v) is 38.7. The number of ether oxygens (including phenoxy) is 8. The van der Waals surface area contributed by atoms with Crippen molar-refractivity contribution in [2.45, 2.75) is 172 Å². The van der Waals surface area contributed by atoms with E-state index in [1.54, 1.807) is 21.3 Å². The third-order valence-corrected chi connectivity index (χ3v) is 17.0. The van der Waals surface area contributed by atoms with E-state index >= 15 is 9.59 Å². The molecule has 12 heteroatoms. The lowest BCUT2D eigenvalue weighted by Crippen LogP contribution is -2.59. The van der Waals surface area contributed by atoms with Crippen molar-refractivity contribution in [3.05, 3.63) is 35.9 Å². The van der Waals surface area contributed by atoms with E-state index in [1.807, 2.05) is 32.0 Å². The number of cyclic esters (lactones) is 1. The molecule has 21 atom stereocenters. The molecule has 4 aliphatic carbocycles. The molecule has 7 fully saturated rings. The Morgan fingerprint density at radius 2 is 1.42 bits per heavy atom. The molecule has 12 nitrogen and oxygen atoms in total. The van der Waals surface area contributed by atoms with Crippen molar-refractivity contribution >= 4 is 17.5 Å². The summed E-state index contributed by atoms with van der Waals surface area (Å²) < 4.78 is 50.7. The predicted octanol–water partition coefficient (Wildman–Crippen LogP) is 7.00. The first kappa shape index (κ1) is 46.2. The smallest absolute Gasteiger partial charge is 0.306 e. The van der Waals surface area contributed by atoms with Gasteiger partial charge in [-0.2, -0.15) is 0 Å². The average Bonchev–Trinajstić information content (AvgIpc) is 3.95. The molecule has 7 aliphatic rings. The first-order valence-electron chi connectivity index (χ1n) is 24.1. The van der Waals surface area contributed by atoms with E-state index in [0.29, 0.717) is 25.3 Å². The lowest BCUT2D eigenvalue weighted by atomic mass is 9.58. The first-order valence-corrected chi connectivity index (χ1v) is 24.1. The van der Waals surface area contributed by atoms with Crippen LogP contribution in [-0.2, 0) is 52.3 Å². The van der Waals surface area contributed by atoms with Gasteiger partial charge in [-0.1, -0.05) is 44.2 Å². The molecule has 62 heavy (non-hydrogen) atoms. The van der Waals surface area contributed by atoms with Gasteiger partial charge in [0.1, 0.15) is 36.0 Å². The number of carbonyl (C=O) groups is 3. The highest BCUT2D eigenvalue weighted by Crippen LogP contribution is 2.67. The second kappa shape index (κ2) is 19.7. The van der Waals surface area contributed by atoms with Crippen LogP contribution in [0.25, 0.3) is 0 Å². The van der Waals surface area contributed by atoms with Crippen molar-refractivity contribution in [2.75, 3.05) is 35.4 Å². The van der Waals surface area contributed by atoms with Crippen LogP contribution in [0.2, 0.25) is 0 Å². The molecule has 0 bridgehead atoms. The minimum atomic E-state index is -0.658. The molecule has 8 rings (SSSR count). The lowest BCUT2D eigenvalue weighted by molar-refractivity contribution is -0.314. The van der Waals surface area contributed by atoms with Gasteiger partial charge >= 0.3 is 5.97 Å². The number of fused-ring (bicyclic) bond motifs is 8. The summed E-state index contributed by atoms with van der Waals surface area (Å²) in [6.07, 6.45) is 4.61. The normalized spacial score (nSPS) is 46.3. The third kappa shape index (κ3) is 8.86. The van der Waals surface area contributed by atoms with Crippen molar-refractivity contribution in [1.82, 2.24) is 4.90 Å². The Hall–Kier alpha value is -2.29. The zero-order valence-electron chi connectivity index (χ0n) is 38.7. The maximum Gasteiger partial charge on any atom is 0.306 e. The van der Waals surface area contributed by atoms with Crippen LogP contribution in [-0.4, -0.2) is 125 Å². The molecule has 1 aromatic rings. The van der Waals surface area contributed by atoms with E-state index in [0.717, 1.165) is 50.5 Å². The minimum absolute atomic E-state index is 0.00753. The van der Waals surface area contributed by atoms with Gasteiger partial charge in [-0.25, -0.2) is 0 Å². The van der Waals surface area contributed by atoms with Gasteiger partial charge in [-0.15, -0.1) is 0 Å². The molecule has 0 N–H and O–H groups in total. The molecule has 346 valence electrons. The minimum Gasteiger partial charge on any atom is -0.462 e. The summed E-state index contributed by atoms with van der Waals surface area (Å²) >= 11 is 0. The van der Waals surface area contributed by atoms with Crippen LogP contribution >= 0.6 is 0 Å². The molecule has 0 radical (unpaired) electrons. The van der Waals surface area contributed by atoms with Crippen LogP contribution in [0.4, 0.5) is 0 Å². The number of rotatable bonds is 10. The molecule has 7 unspecified atom stereocenters. The summed E-state index contributed by atoms with van der Waals surface area (Å²) in [4.78, 5) is 46.8. The Bertz CT molecular complexity index is 1690. The van der Waals surface area contributed by atoms with Crippen LogP contribution in [0.1, 0.15) is 110 Å². The van der Waals surface area contributed by atoms with E-state index in [1.165, 1.54) is 0 Å². The van der Waals surface area contributed by atoms with Crippen molar-refractivity contribution in [1.29, 1.82) is 0 Å². The number of Topliss-reactive ketones (excluding diaryl/α,β-unsaturated/α-hetero) is 2. The summed E-state index contributed by atoms with van der Waals surface area (Å²) in [6, 6.07) is 10.5. The number of esters is 1. The number of hydrogen-bond donors (Lipinski definition) is 0. The van der Waals surface area contributed by atoms with Crippen molar-refractivity contribution in [2.24, 2.45) is 53.3 Å². The predicted molar refractivity (Wildman–Crippen MR) is 231 cm³/mol. The van der Waals surface area contributed by atoms with Gasteiger partial charge in [0.2, 0.25) is 0 Å². The SMILES string of the molecule is CC[C@H]1CCC[C@H](O[C@H]2CC[C@H](N(C)C)C(C)O2)[C@@H](C)C(=O)C2C[C@H]3[C@@H]4C[C@H](O[C@@H]5OC(C)[C@H](OC)C(OC)[C@@H]5OC)C[C@H]4C4CC(c5ccccc5)C(=O)C4[C@H]3[C@@H]2CC(=O)O1. The summed E-state index contributed by atoms with van der Waals surface area (Å²) in [5, 5.41) is 0. The molecule has 0 aromatic heterocycles. The van der Waals surface area contributed by atoms with Gasteiger partial charge in [-0.05, 0) is 133 Å². The molecule has 3 aliphatic heterocycles. The number of carbonyl (C=O) groups excluding carboxylic acids is 3. The highest BCUT2D eigenvalue weighted by Gasteiger charge is 2.66. The van der Waals surface area contributed by atoms with Crippen LogP contribution in [0, 0.1) is 53.3 Å². The Balaban J connectivity index is 1.11. The van der Waals surface area contributed by atoms with Gasteiger partial charge in [0.15, 0.2) is 12.6 Å². The number of nitrogens with zero attached hydrogens (tertiary/aromatic N) is 1. The second-order valence-electron chi connectivity index (χ2n) is 20.3. The highest BCUT2D eigenvalue weighted by molar-refractivity contribution is 5.91. The summed E-state index contributed by atoms with van der Waals surface area (Å²) in [7, 11) is 9.16. The number of methoxy groups -OCH3 is 3. The van der Waals surface area contributed by atoms with Crippen molar-refractivity contribution < 1.29 is 52.3 Å². The third-order valence-electron chi connectivity index (χ3n) is 17.0. The summed E-state index contributed by atoms with van der Waals surface area (Å²) in [5.74, 6) is -0.845. The number of ketones is 2. The molecule has 1 aromatic carbocycles.